The Labute approximate surface area is 174 Å². The largest absolute Gasteiger partial charge is 0.469 e. The van der Waals surface area contributed by atoms with Crippen molar-refractivity contribution >= 4 is 5.97 Å². The van der Waals surface area contributed by atoms with E-state index in [9.17, 15) is 9.90 Å². The molecule has 0 radical (unpaired) electrons. The van der Waals surface area contributed by atoms with Crippen LogP contribution in [0.5, 0.6) is 0 Å². The molecule has 0 amide bonds. The van der Waals surface area contributed by atoms with Crippen molar-refractivity contribution in [1.29, 1.82) is 0 Å². The molecule has 1 N–H and O–H groups in total. The van der Waals surface area contributed by atoms with Gasteiger partial charge in [0.05, 0.1) is 7.11 Å². The second-order valence-electron chi connectivity index (χ2n) is 8.08. The van der Waals surface area contributed by atoms with Gasteiger partial charge < -0.3 is 9.84 Å². The molecule has 29 heavy (non-hydrogen) atoms. The summed E-state index contributed by atoms with van der Waals surface area (Å²) in [6.45, 7) is 10.5. The molecule has 4 heteroatoms. The van der Waals surface area contributed by atoms with E-state index >= 15 is 0 Å². The summed E-state index contributed by atoms with van der Waals surface area (Å²) in [6, 6.07) is 4.20. The highest BCUT2D eigenvalue weighted by molar-refractivity contribution is 5.69. The number of hydrogen-bond donors (Lipinski definition) is 1. The third-order valence-corrected chi connectivity index (χ3v) is 6.07. The van der Waals surface area contributed by atoms with Crippen LogP contribution in [0, 0.1) is 17.8 Å². The summed E-state index contributed by atoms with van der Waals surface area (Å²) in [5.41, 5.74) is 3.26. The first-order valence-electron chi connectivity index (χ1n) is 10.4. The summed E-state index contributed by atoms with van der Waals surface area (Å²) in [7, 11) is 1.41. The van der Waals surface area contributed by atoms with E-state index in [1.807, 2.05) is 12.2 Å². The number of piperidine rings is 3. The average molecular weight is 394 g/mol. The van der Waals surface area contributed by atoms with Gasteiger partial charge in [-0.15, -0.1) is 13.2 Å². The standard InChI is InChI=1S/C25H31NO3/c1-4-6-20-16-19(8-9-24(27)29-3)17-21(7-5-2)23(20)10-13-25(28)18-26-14-11-22(25)12-15-26/h4-5,16-17,22,28H,1-2,6-9,11-12,14-15,18H2,3H3. The lowest BCUT2D eigenvalue weighted by atomic mass is 9.75. The third kappa shape index (κ3) is 4.98. The monoisotopic (exact) mass is 393 g/mol. The first-order chi connectivity index (χ1) is 14.0. The summed E-state index contributed by atoms with van der Waals surface area (Å²) in [5, 5.41) is 11.2. The van der Waals surface area contributed by atoms with Crippen LogP contribution >= 0.6 is 0 Å². The maximum atomic E-state index is 11.5. The highest BCUT2D eigenvalue weighted by Gasteiger charge is 2.44. The van der Waals surface area contributed by atoms with Gasteiger partial charge in [0.25, 0.3) is 0 Å². The van der Waals surface area contributed by atoms with Gasteiger partial charge in [0.2, 0.25) is 0 Å². The van der Waals surface area contributed by atoms with Gasteiger partial charge in [0, 0.05) is 24.4 Å². The van der Waals surface area contributed by atoms with Crippen molar-refractivity contribution in [2.75, 3.05) is 26.7 Å². The summed E-state index contributed by atoms with van der Waals surface area (Å²) in [5.74, 6) is 6.62. The number of fused-ring (bicyclic) bond motifs is 3. The highest BCUT2D eigenvalue weighted by atomic mass is 16.5. The quantitative estimate of drug-likeness (QED) is 0.439. The number of aryl methyl sites for hydroxylation is 1. The second-order valence-corrected chi connectivity index (χ2v) is 8.08. The normalized spacial score (nSPS) is 25.0. The third-order valence-electron chi connectivity index (χ3n) is 6.07. The fourth-order valence-corrected chi connectivity index (χ4v) is 4.48. The van der Waals surface area contributed by atoms with Crippen LogP contribution in [0.3, 0.4) is 0 Å². The Morgan fingerprint density at radius 1 is 1.28 bits per heavy atom. The molecule has 1 atom stereocenters. The summed E-state index contributed by atoms with van der Waals surface area (Å²) < 4.78 is 4.77. The minimum Gasteiger partial charge on any atom is -0.469 e. The van der Waals surface area contributed by atoms with Gasteiger partial charge in [0.1, 0.15) is 5.60 Å². The van der Waals surface area contributed by atoms with Crippen LogP contribution in [0.2, 0.25) is 0 Å². The van der Waals surface area contributed by atoms with E-state index < -0.39 is 5.60 Å². The molecule has 3 heterocycles. The molecule has 4 rings (SSSR count). The van der Waals surface area contributed by atoms with E-state index in [1.165, 1.54) is 7.11 Å². The molecule has 0 aliphatic carbocycles. The zero-order valence-corrected chi connectivity index (χ0v) is 17.4. The number of nitrogens with zero attached hydrogens (tertiary/aromatic N) is 1. The summed E-state index contributed by atoms with van der Waals surface area (Å²) >= 11 is 0. The topological polar surface area (TPSA) is 49.8 Å². The van der Waals surface area contributed by atoms with Gasteiger partial charge in [-0.1, -0.05) is 36.1 Å². The minimum atomic E-state index is -0.934. The Morgan fingerprint density at radius 3 is 2.38 bits per heavy atom. The molecule has 3 aliphatic heterocycles. The maximum absolute atomic E-state index is 11.5. The van der Waals surface area contributed by atoms with Crippen LogP contribution in [0.1, 0.15) is 41.5 Å². The number of carbonyl (C=O) groups is 1. The Morgan fingerprint density at radius 2 is 1.90 bits per heavy atom. The van der Waals surface area contributed by atoms with Gasteiger partial charge in [-0.3, -0.25) is 9.69 Å². The number of benzene rings is 1. The van der Waals surface area contributed by atoms with Gasteiger partial charge in [-0.05, 0) is 61.9 Å². The zero-order chi connectivity index (χ0) is 20.9. The van der Waals surface area contributed by atoms with Crippen LogP contribution in [0.4, 0.5) is 0 Å². The van der Waals surface area contributed by atoms with Gasteiger partial charge in [-0.25, -0.2) is 0 Å². The maximum Gasteiger partial charge on any atom is 0.305 e. The molecule has 1 aromatic rings. The molecule has 1 unspecified atom stereocenters. The predicted molar refractivity (Wildman–Crippen MR) is 116 cm³/mol. The number of hydrogen-bond acceptors (Lipinski definition) is 4. The Balaban J connectivity index is 1.95. The van der Waals surface area contributed by atoms with Crippen molar-refractivity contribution in [3.8, 4) is 11.8 Å². The minimum absolute atomic E-state index is 0.214. The molecule has 0 spiro atoms. The highest BCUT2D eigenvalue weighted by Crippen LogP contribution is 2.35. The molecule has 3 fully saturated rings. The number of allylic oxidation sites excluding steroid dienone is 2. The first kappa shape index (κ1) is 21.4. The number of rotatable bonds is 7. The number of aliphatic hydroxyl groups is 1. The van der Waals surface area contributed by atoms with E-state index in [4.69, 9.17) is 4.74 Å². The molecule has 2 bridgehead atoms. The number of esters is 1. The zero-order valence-electron chi connectivity index (χ0n) is 17.4. The molecule has 1 aromatic carbocycles. The summed E-state index contributed by atoms with van der Waals surface area (Å²) in [4.78, 5) is 13.8. The van der Waals surface area contributed by atoms with Crippen LogP contribution < -0.4 is 0 Å². The fourth-order valence-electron chi connectivity index (χ4n) is 4.48. The fraction of sp³-hybridized carbons (Fsp3) is 0.480. The molecule has 0 aromatic heterocycles. The smallest absolute Gasteiger partial charge is 0.305 e. The molecule has 154 valence electrons. The van der Waals surface area contributed by atoms with Gasteiger partial charge in [0.15, 0.2) is 0 Å². The molecule has 0 saturated carbocycles. The van der Waals surface area contributed by atoms with Crippen LogP contribution in [0.25, 0.3) is 0 Å². The number of ether oxygens (including phenoxy) is 1. The van der Waals surface area contributed by atoms with Crippen molar-refractivity contribution in [2.45, 2.75) is 44.1 Å². The van der Waals surface area contributed by atoms with Crippen molar-refractivity contribution in [3.05, 3.63) is 59.7 Å². The number of methoxy groups -OCH3 is 1. The Kier molecular flexibility index (Phi) is 6.95. The van der Waals surface area contributed by atoms with Crippen molar-refractivity contribution in [1.82, 2.24) is 4.90 Å². The van der Waals surface area contributed by atoms with E-state index in [2.05, 4.69) is 42.0 Å². The molecular weight excluding hydrogens is 362 g/mol. The molecule has 3 saturated heterocycles. The average Bonchev–Trinajstić information content (AvgIpc) is 2.72. The second kappa shape index (κ2) is 9.43. The van der Waals surface area contributed by atoms with Gasteiger partial charge in [-0.2, -0.15) is 0 Å². The lowest BCUT2D eigenvalue weighted by Gasteiger charge is -2.47. The van der Waals surface area contributed by atoms with Crippen LogP contribution in [0.15, 0.2) is 37.4 Å². The van der Waals surface area contributed by atoms with Crippen LogP contribution in [-0.2, 0) is 28.8 Å². The van der Waals surface area contributed by atoms with Crippen LogP contribution in [-0.4, -0.2) is 48.3 Å². The van der Waals surface area contributed by atoms with E-state index in [1.54, 1.807) is 0 Å². The van der Waals surface area contributed by atoms with E-state index in [0.29, 0.717) is 32.2 Å². The lowest BCUT2D eigenvalue weighted by Crippen LogP contribution is -2.58. The van der Waals surface area contributed by atoms with E-state index in [-0.39, 0.29) is 11.9 Å². The SMILES string of the molecule is C=CCc1cc(CCC(=O)OC)cc(CC=C)c1C#CC1(O)CN2CCC1CC2. The summed E-state index contributed by atoms with van der Waals surface area (Å²) in [6.07, 6.45) is 8.10. The predicted octanol–water partition coefficient (Wildman–Crippen LogP) is 3.06. The lowest BCUT2D eigenvalue weighted by molar-refractivity contribution is -0.140. The molecule has 3 aliphatic rings. The molecule has 4 nitrogen and oxygen atoms in total. The number of carbonyl (C=O) groups excluding carboxylic acids is 1. The first-order valence-corrected chi connectivity index (χ1v) is 10.4. The van der Waals surface area contributed by atoms with Gasteiger partial charge >= 0.3 is 5.97 Å². The Hall–Kier alpha value is -2.35. The van der Waals surface area contributed by atoms with Crippen molar-refractivity contribution in [2.24, 2.45) is 5.92 Å². The van der Waals surface area contributed by atoms with Crippen molar-refractivity contribution in [3.63, 3.8) is 0 Å². The van der Waals surface area contributed by atoms with Crippen molar-refractivity contribution < 1.29 is 14.6 Å². The van der Waals surface area contributed by atoms with E-state index in [0.717, 1.165) is 48.2 Å². The molecular formula is C25H31NO3. The Bertz CT molecular complexity index is 808.